The molecule has 1 rings (SSSR count). The van der Waals surface area contributed by atoms with E-state index >= 15 is 0 Å². The standard InChI is InChI=1S/C11H19NOS/c1-8(2)9(3)12-7-10-5-6-11(13-4)14-10/h5-6,8-9,12H,7H2,1-4H3. The van der Waals surface area contributed by atoms with Crippen molar-refractivity contribution in [3.8, 4) is 5.06 Å². The van der Waals surface area contributed by atoms with Crippen LogP contribution in [0.4, 0.5) is 0 Å². The van der Waals surface area contributed by atoms with Crippen LogP contribution in [0.25, 0.3) is 0 Å². The van der Waals surface area contributed by atoms with Gasteiger partial charge >= 0.3 is 0 Å². The van der Waals surface area contributed by atoms with Crippen molar-refractivity contribution in [2.24, 2.45) is 5.92 Å². The van der Waals surface area contributed by atoms with E-state index < -0.39 is 0 Å². The van der Waals surface area contributed by atoms with Gasteiger partial charge in [-0.05, 0) is 25.0 Å². The van der Waals surface area contributed by atoms with Gasteiger partial charge in [-0.25, -0.2) is 0 Å². The first-order valence-corrected chi connectivity index (χ1v) is 5.81. The van der Waals surface area contributed by atoms with Crippen LogP contribution in [0.3, 0.4) is 0 Å². The molecule has 1 unspecified atom stereocenters. The number of thiophene rings is 1. The van der Waals surface area contributed by atoms with E-state index in [2.05, 4.69) is 32.2 Å². The Kier molecular flexibility index (Phi) is 4.42. The van der Waals surface area contributed by atoms with Crippen molar-refractivity contribution in [2.75, 3.05) is 7.11 Å². The SMILES string of the molecule is COc1ccc(CNC(C)C(C)C)s1. The molecule has 2 nitrogen and oxygen atoms in total. The van der Waals surface area contributed by atoms with E-state index in [9.17, 15) is 0 Å². The van der Waals surface area contributed by atoms with Gasteiger partial charge in [-0.15, -0.1) is 11.3 Å². The van der Waals surface area contributed by atoms with Gasteiger partial charge in [-0.3, -0.25) is 0 Å². The molecule has 0 radical (unpaired) electrons. The summed E-state index contributed by atoms with van der Waals surface area (Å²) in [5.74, 6) is 0.678. The van der Waals surface area contributed by atoms with Crippen LogP contribution in [-0.2, 0) is 6.54 Å². The molecule has 0 saturated carbocycles. The van der Waals surface area contributed by atoms with E-state index in [0.29, 0.717) is 12.0 Å². The summed E-state index contributed by atoms with van der Waals surface area (Å²) in [5.41, 5.74) is 0. The average Bonchev–Trinajstić information content (AvgIpc) is 2.61. The van der Waals surface area contributed by atoms with Gasteiger partial charge in [0.15, 0.2) is 5.06 Å². The molecule has 0 aromatic carbocycles. The zero-order valence-electron chi connectivity index (χ0n) is 9.33. The molecule has 0 aliphatic rings. The molecule has 0 saturated heterocycles. The van der Waals surface area contributed by atoms with Crippen molar-refractivity contribution >= 4 is 11.3 Å². The molecule has 0 aliphatic heterocycles. The molecule has 0 aliphatic carbocycles. The van der Waals surface area contributed by atoms with Crippen molar-refractivity contribution in [3.63, 3.8) is 0 Å². The third kappa shape index (κ3) is 3.31. The Morgan fingerprint density at radius 3 is 2.57 bits per heavy atom. The normalized spacial score (nSPS) is 13.2. The predicted octanol–water partition coefficient (Wildman–Crippen LogP) is 2.89. The maximum atomic E-state index is 5.14. The largest absolute Gasteiger partial charge is 0.487 e. The van der Waals surface area contributed by atoms with Crippen LogP contribution in [0.2, 0.25) is 0 Å². The Morgan fingerprint density at radius 2 is 2.07 bits per heavy atom. The lowest BCUT2D eigenvalue weighted by Gasteiger charge is -2.16. The molecule has 0 bridgehead atoms. The fourth-order valence-corrected chi connectivity index (χ4v) is 1.83. The summed E-state index contributed by atoms with van der Waals surface area (Å²) >= 11 is 1.70. The monoisotopic (exact) mass is 213 g/mol. The molecule has 1 N–H and O–H groups in total. The van der Waals surface area contributed by atoms with E-state index in [1.54, 1.807) is 18.4 Å². The molecule has 1 aromatic heterocycles. The van der Waals surface area contributed by atoms with Crippen molar-refractivity contribution < 1.29 is 4.74 Å². The zero-order chi connectivity index (χ0) is 10.6. The second-order valence-corrected chi connectivity index (χ2v) is 4.97. The summed E-state index contributed by atoms with van der Waals surface area (Å²) in [5, 5.41) is 4.48. The highest BCUT2D eigenvalue weighted by molar-refractivity contribution is 7.13. The van der Waals surface area contributed by atoms with Crippen LogP contribution >= 0.6 is 11.3 Å². The van der Waals surface area contributed by atoms with Crippen LogP contribution in [0, 0.1) is 5.92 Å². The third-order valence-electron chi connectivity index (χ3n) is 2.44. The lowest BCUT2D eigenvalue weighted by Crippen LogP contribution is -2.29. The fourth-order valence-electron chi connectivity index (χ4n) is 1.06. The molecule has 80 valence electrons. The number of nitrogens with one attached hydrogen (secondary N) is 1. The van der Waals surface area contributed by atoms with Crippen molar-refractivity contribution in [2.45, 2.75) is 33.4 Å². The van der Waals surface area contributed by atoms with E-state index in [1.165, 1.54) is 4.88 Å². The Hall–Kier alpha value is -0.540. The molecular formula is C11H19NOS. The topological polar surface area (TPSA) is 21.3 Å². The average molecular weight is 213 g/mol. The minimum absolute atomic E-state index is 0.558. The molecule has 0 fully saturated rings. The van der Waals surface area contributed by atoms with Crippen LogP contribution in [0.5, 0.6) is 5.06 Å². The van der Waals surface area contributed by atoms with Gasteiger partial charge in [-0.2, -0.15) is 0 Å². The van der Waals surface area contributed by atoms with Gasteiger partial charge in [0.2, 0.25) is 0 Å². The minimum Gasteiger partial charge on any atom is -0.487 e. The van der Waals surface area contributed by atoms with E-state index in [-0.39, 0.29) is 0 Å². The summed E-state index contributed by atoms with van der Waals surface area (Å²) < 4.78 is 5.14. The van der Waals surface area contributed by atoms with Crippen LogP contribution in [-0.4, -0.2) is 13.2 Å². The third-order valence-corrected chi connectivity index (χ3v) is 3.48. The highest BCUT2D eigenvalue weighted by atomic mass is 32.1. The minimum atomic E-state index is 0.558. The Labute approximate surface area is 90.3 Å². The molecule has 1 heterocycles. The van der Waals surface area contributed by atoms with Crippen LogP contribution in [0.15, 0.2) is 12.1 Å². The second kappa shape index (κ2) is 5.37. The lowest BCUT2D eigenvalue weighted by atomic mass is 10.1. The summed E-state index contributed by atoms with van der Waals surface area (Å²) in [6.45, 7) is 7.61. The quantitative estimate of drug-likeness (QED) is 0.812. The van der Waals surface area contributed by atoms with Crippen molar-refractivity contribution in [3.05, 3.63) is 17.0 Å². The predicted molar refractivity (Wildman–Crippen MR) is 62.0 cm³/mol. The smallest absolute Gasteiger partial charge is 0.173 e. The highest BCUT2D eigenvalue weighted by Gasteiger charge is 2.06. The second-order valence-electron chi connectivity index (χ2n) is 3.84. The first kappa shape index (κ1) is 11.5. The summed E-state index contributed by atoms with van der Waals surface area (Å²) in [6, 6.07) is 4.69. The van der Waals surface area contributed by atoms with Crippen molar-refractivity contribution in [1.29, 1.82) is 0 Å². The number of hydrogen-bond acceptors (Lipinski definition) is 3. The number of rotatable bonds is 5. The van der Waals surface area contributed by atoms with Crippen molar-refractivity contribution in [1.82, 2.24) is 5.32 Å². The summed E-state index contributed by atoms with van der Waals surface area (Å²) in [6.07, 6.45) is 0. The van der Waals surface area contributed by atoms with Gasteiger partial charge < -0.3 is 10.1 Å². The molecule has 14 heavy (non-hydrogen) atoms. The zero-order valence-corrected chi connectivity index (χ0v) is 10.1. The van der Waals surface area contributed by atoms with Crippen LogP contribution in [0.1, 0.15) is 25.6 Å². The van der Waals surface area contributed by atoms with Gasteiger partial charge in [-0.1, -0.05) is 13.8 Å². The first-order valence-electron chi connectivity index (χ1n) is 4.99. The maximum Gasteiger partial charge on any atom is 0.173 e. The van der Waals surface area contributed by atoms with E-state index in [4.69, 9.17) is 4.74 Å². The summed E-state index contributed by atoms with van der Waals surface area (Å²) in [7, 11) is 1.71. The lowest BCUT2D eigenvalue weighted by molar-refractivity contribution is 0.426. The molecular weight excluding hydrogens is 194 g/mol. The molecule has 1 atom stereocenters. The first-order chi connectivity index (χ1) is 6.63. The fraction of sp³-hybridized carbons (Fsp3) is 0.636. The summed E-state index contributed by atoms with van der Waals surface area (Å²) in [4.78, 5) is 1.33. The van der Waals surface area contributed by atoms with Gasteiger partial charge in [0.1, 0.15) is 0 Å². The Bertz CT molecular complexity index is 270. The molecule has 0 amide bonds. The highest BCUT2D eigenvalue weighted by Crippen LogP contribution is 2.23. The Balaban J connectivity index is 2.37. The van der Waals surface area contributed by atoms with Crippen LogP contribution < -0.4 is 10.1 Å². The van der Waals surface area contributed by atoms with E-state index in [0.717, 1.165) is 11.6 Å². The Morgan fingerprint density at radius 1 is 1.36 bits per heavy atom. The van der Waals surface area contributed by atoms with E-state index in [1.807, 2.05) is 6.07 Å². The molecule has 0 spiro atoms. The number of ether oxygens (including phenoxy) is 1. The van der Waals surface area contributed by atoms with Gasteiger partial charge in [0.05, 0.1) is 7.11 Å². The molecule has 3 heteroatoms. The molecule has 1 aromatic rings. The van der Waals surface area contributed by atoms with Gasteiger partial charge in [0.25, 0.3) is 0 Å². The number of methoxy groups -OCH3 is 1. The maximum absolute atomic E-state index is 5.14. The van der Waals surface area contributed by atoms with Gasteiger partial charge in [0, 0.05) is 17.5 Å². The number of hydrogen-bond donors (Lipinski definition) is 1.